The minimum absolute atomic E-state index is 0.224. The zero-order chi connectivity index (χ0) is 19.2. The number of hydrogen-bond acceptors (Lipinski definition) is 5. The lowest BCUT2D eigenvalue weighted by atomic mass is 10.0. The minimum atomic E-state index is -0.551. The molecule has 1 aromatic carbocycles. The van der Waals surface area contributed by atoms with E-state index < -0.39 is 12.2 Å². The molecule has 0 aliphatic carbocycles. The van der Waals surface area contributed by atoms with E-state index in [1.807, 2.05) is 11.0 Å². The Hall–Kier alpha value is -3.08. The quantitative estimate of drug-likeness (QED) is 0.612. The fourth-order valence-corrected chi connectivity index (χ4v) is 3.37. The number of amides is 2. The largest absolute Gasteiger partial charge is 0.442 e. The Morgan fingerprint density at radius 2 is 2.15 bits per heavy atom. The molecule has 0 bridgehead atoms. The molecule has 0 radical (unpaired) electrons. The molecule has 2 amide bonds. The second-order valence-corrected chi connectivity index (χ2v) is 6.49. The van der Waals surface area contributed by atoms with E-state index in [0.29, 0.717) is 37.3 Å². The van der Waals surface area contributed by atoms with Crippen molar-refractivity contribution in [3.05, 3.63) is 35.7 Å². The van der Waals surface area contributed by atoms with Crippen LogP contribution in [-0.4, -0.2) is 44.8 Å². The van der Waals surface area contributed by atoms with Gasteiger partial charge in [0.25, 0.3) is 0 Å². The maximum atomic E-state index is 14.7. The highest BCUT2D eigenvalue weighted by Gasteiger charge is 2.32. The molecule has 0 spiro atoms. The molecule has 2 heterocycles. The van der Waals surface area contributed by atoms with Crippen molar-refractivity contribution >= 4 is 23.9 Å². The molecular weight excluding hydrogens is 351 g/mol. The zero-order valence-corrected chi connectivity index (χ0v) is 14.9. The topological polar surface area (TPSA) is 85.7 Å². The van der Waals surface area contributed by atoms with Crippen LogP contribution < -0.4 is 15.1 Å². The second kappa shape index (κ2) is 8.54. The summed E-state index contributed by atoms with van der Waals surface area (Å²) in [7, 11) is 0. The number of cyclic esters (lactones) is 1. The molecule has 27 heavy (non-hydrogen) atoms. The maximum absolute atomic E-state index is 14.7. The van der Waals surface area contributed by atoms with Crippen LogP contribution in [0.1, 0.15) is 19.3 Å². The van der Waals surface area contributed by atoms with E-state index in [4.69, 9.17) is 10.00 Å². The van der Waals surface area contributed by atoms with Crippen molar-refractivity contribution in [1.29, 1.82) is 5.26 Å². The molecule has 142 valence electrons. The number of carbonyl (C=O) groups is 2. The summed E-state index contributed by atoms with van der Waals surface area (Å²) in [6, 6.07) is 6.83. The van der Waals surface area contributed by atoms with Crippen molar-refractivity contribution in [1.82, 2.24) is 5.32 Å². The Balaban J connectivity index is 1.65. The fraction of sp³-hybridized carbons (Fsp3) is 0.421. The van der Waals surface area contributed by atoms with Gasteiger partial charge in [-0.3, -0.25) is 9.69 Å². The lowest BCUT2D eigenvalue weighted by Crippen LogP contribution is -2.32. The summed E-state index contributed by atoms with van der Waals surface area (Å²) in [6.45, 7) is 1.87. The van der Waals surface area contributed by atoms with Gasteiger partial charge in [-0.1, -0.05) is 11.6 Å². The molecule has 1 unspecified atom stereocenters. The highest BCUT2D eigenvalue weighted by Crippen LogP contribution is 2.30. The number of hydrogen-bond donors (Lipinski definition) is 1. The van der Waals surface area contributed by atoms with E-state index in [0.717, 1.165) is 12.8 Å². The normalized spacial score (nSPS) is 19.5. The van der Waals surface area contributed by atoms with Crippen LogP contribution >= 0.6 is 0 Å². The number of nitrogens with one attached hydrogen (secondary N) is 1. The van der Waals surface area contributed by atoms with Crippen molar-refractivity contribution in [2.24, 2.45) is 0 Å². The first-order chi connectivity index (χ1) is 13.1. The molecule has 0 aromatic heterocycles. The first kappa shape index (κ1) is 18.7. The van der Waals surface area contributed by atoms with Gasteiger partial charge in [0.15, 0.2) is 0 Å². The molecule has 2 fully saturated rings. The van der Waals surface area contributed by atoms with E-state index in [9.17, 15) is 14.0 Å². The molecule has 1 atom stereocenters. The summed E-state index contributed by atoms with van der Waals surface area (Å²) in [4.78, 5) is 25.7. The summed E-state index contributed by atoms with van der Waals surface area (Å²) < 4.78 is 19.8. The number of carbonyl (C=O) groups excluding carboxylic acids is 2. The number of halogens is 1. The van der Waals surface area contributed by atoms with E-state index in [1.165, 1.54) is 16.5 Å². The standard InChI is InChI=1S/C19H21FN4O3/c20-17-10-15(24-12-16(11-22-13-25)27-19(24)26)3-4-18(17)23-8-5-14(6-9-23)2-1-7-21/h2-4,10,13,16H,1,5-6,8-9,11-12H2,(H,22,25). The van der Waals surface area contributed by atoms with Crippen molar-refractivity contribution < 1.29 is 18.7 Å². The van der Waals surface area contributed by atoms with Crippen LogP contribution in [0.3, 0.4) is 0 Å². The van der Waals surface area contributed by atoms with Crippen LogP contribution in [0.4, 0.5) is 20.6 Å². The van der Waals surface area contributed by atoms with Crippen LogP contribution in [0.15, 0.2) is 29.8 Å². The van der Waals surface area contributed by atoms with Gasteiger partial charge in [0.1, 0.15) is 11.9 Å². The van der Waals surface area contributed by atoms with E-state index in [-0.39, 0.29) is 18.9 Å². The number of allylic oxidation sites excluding steroid dienone is 1. The molecular formula is C19H21FN4O3. The van der Waals surface area contributed by atoms with Crippen LogP contribution in [0.5, 0.6) is 0 Å². The first-order valence-electron chi connectivity index (χ1n) is 8.87. The Morgan fingerprint density at radius 1 is 1.37 bits per heavy atom. The number of ether oxygens (including phenoxy) is 1. The summed E-state index contributed by atoms with van der Waals surface area (Å²) in [5.41, 5.74) is 2.17. The van der Waals surface area contributed by atoms with E-state index >= 15 is 0 Å². The van der Waals surface area contributed by atoms with E-state index in [2.05, 4.69) is 11.4 Å². The second-order valence-electron chi connectivity index (χ2n) is 6.49. The van der Waals surface area contributed by atoms with Gasteiger partial charge in [-0.25, -0.2) is 9.18 Å². The smallest absolute Gasteiger partial charge is 0.414 e. The van der Waals surface area contributed by atoms with Crippen molar-refractivity contribution in [2.45, 2.75) is 25.4 Å². The van der Waals surface area contributed by atoms with Crippen LogP contribution in [-0.2, 0) is 9.53 Å². The number of anilines is 2. The molecule has 2 aliphatic heterocycles. The van der Waals surface area contributed by atoms with Crippen LogP contribution in [0.2, 0.25) is 0 Å². The van der Waals surface area contributed by atoms with Crippen LogP contribution in [0, 0.1) is 17.1 Å². The number of nitrogens with zero attached hydrogens (tertiary/aromatic N) is 3. The molecule has 2 aliphatic rings. The van der Waals surface area contributed by atoms with Crippen molar-refractivity contribution in [3.8, 4) is 6.07 Å². The van der Waals surface area contributed by atoms with Gasteiger partial charge in [0.05, 0.1) is 37.0 Å². The SMILES string of the molecule is N#CCC=C1CCN(c2ccc(N3CC(CNC=O)OC3=O)cc2F)CC1. The van der Waals surface area contributed by atoms with Gasteiger partial charge >= 0.3 is 6.09 Å². The predicted octanol–water partition coefficient (Wildman–Crippen LogP) is 2.34. The number of nitriles is 1. The number of piperidine rings is 1. The summed E-state index contributed by atoms with van der Waals surface area (Å²) in [5.74, 6) is -0.390. The van der Waals surface area contributed by atoms with Gasteiger partial charge in [0, 0.05) is 13.1 Å². The number of rotatable bonds is 6. The minimum Gasteiger partial charge on any atom is -0.442 e. The molecule has 7 nitrogen and oxygen atoms in total. The molecule has 2 saturated heterocycles. The Morgan fingerprint density at radius 3 is 2.81 bits per heavy atom. The van der Waals surface area contributed by atoms with Gasteiger partial charge in [-0.2, -0.15) is 5.26 Å². The molecule has 1 aromatic rings. The maximum Gasteiger partial charge on any atom is 0.414 e. The highest BCUT2D eigenvalue weighted by molar-refractivity contribution is 5.90. The van der Waals surface area contributed by atoms with Crippen LogP contribution in [0.25, 0.3) is 0 Å². The third-order valence-electron chi connectivity index (χ3n) is 4.77. The van der Waals surface area contributed by atoms with Crippen molar-refractivity contribution in [2.75, 3.05) is 36.0 Å². The Labute approximate surface area is 157 Å². The molecule has 8 heteroatoms. The zero-order valence-electron chi connectivity index (χ0n) is 14.9. The first-order valence-corrected chi connectivity index (χ1v) is 8.87. The summed E-state index contributed by atoms with van der Waals surface area (Å²) in [6.07, 6.45) is 3.53. The third kappa shape index (κ3) is 4.37. The van der Waals surface area contributed by atoms with Gasteiger partial charge in [0.2, 0.25) is 6.41 Å². The lowest BCUT2D eigenvalue weighted by molar-refractivity contribution is -0.109. The van der Waals surface area contributed by atoms with Gasteiger partial charge < -0.3 is 15.0 Å². The lowest BCUT2D eigenvalue weighted by Gasteiger charge is -2.31. The van der Waals surface area contributed by atoms with Gasteiger partial charge in [-0.05, 0) is 31.0 Å². The fourth-order valence-electron chi connectivity index (χ4n) is 3.37. The average Bonchev–Trinajstić information content (AvgIpc) is 3.05. The average molecular weight is 372 g/mol. The summed E-state index contributed by atoms with van der Waals surface area (Å²) >= 11 is 0. The Bertz CT molecular complexity index is 780. The van der Waals surface area contributed by atoms with Crippen molar-refractivity contribution in [3.63, 3.8) is 0 Å². The predicted molar refractivity (Wildman–Crippen MR) is 97.8 cm³/mol. The van der Waals surface area contributed by atoms with Gasteiger partial charge in [-0.15, -0.1) is 0 Å². The molecule has 0 saturated carbocycles. The molecule has 3 rings (SSSR count). The Kier molecular flexibility index (Phi) is 5.91. The monoisotopic (exact) mass is 372 g/mol. The van der Waals surface area contributed by atoms with E-state index in [1.54, 1.807) is 12.1 Å². The highest BCUT2D eigenvalue weighted by atomic mass is 19.1. The summed E-state index contributed by atoms with van der Waals surface area (Å²) in [5, 5.41) is 11.1. The third-order valence-corrected chi connectivity index (χ3v) is 4.77. The molecule has 1 N–H and O–H groups in total. The number of benzene rings is 1.